The molecule has 136 valence electrons. The number of hydrogen-bond donors (Lipinski definition) is 0. The van der Waals surface area contributed by atoms with Gasteiger partial charge in [-0.15, -0.1) is 10.2 Å². The summed E-state index contributed by atoms with van der Waals surface area (Å²) in [4.78, 5) is 18.8. The van der Waals surface area contributed by atoms with Gasteiger partial charge in [-0.1, -0.05) is 6.92 Å². The van der Waals surface area contributed by atoms with Gasteiger partial charge in [0.25, 0.3) is 0 Å². The molecule has 6 heteroatoms. The Balaban J connectivity index is 1.30. The highest BCUT2D eigenvalue weighted by Crippen LogP contribution is 2.33. The second kappa shape index (κ2) is 7.18. The number of amides is 1. The summed E-state index contributed by atoms with van der Waals surface area (Å²) >= 11 is 0. The Labute approximate surface area is 150 Å². The molecule has 0 spiro atoms. The molecule has 25 heavy (non-hydrogen) atoms. The molecule has 1 aromatic rings. The Kier molecular flexibility index (Phi) is 4.77. The van der Waals surface area contributed by atoms with Gasteiger partial charge < -0.3 is 14.7 Å². The number of aromatic nitrogens is 2. The number of hydrogen-bond acceptors (Lipinski definition) is 5. The molecule has 4 rings (SSSR count). The van der Waals surface area contributed by atoms with Gasteiger partial charge >= 0.3 is 0 Å². The lowest BCUT2D eigenvalue weighted by Gasteiger charge is -2.35. The van der Waals surface area contributed by atoms with E-state index in [1.807, 2.05) is 4.90 Å². The summed E-state index contributed by atoms with van der Waals surface area (Å²) in [6.45, 7) is 7.80. The molecular weight excluding hydrogens is 314 g/mol. The number of carbonyl (C=O) groups excluding carboxylic acids is 1. The monoisotopic (exact) mass is 343 g/mol. The third-order valence-corrected chi connectivity index (χ3v) is 5.86. The van der Waals surface area contributed by atoms with Crippen LogP contribution < -0.4 is 9.80 Å². The maximum absolute atomic E-state index is 12.2. The molecule has 1 saturated carbocycles. The second-order valence-electron chi connectivity index (χ2n) is 7.93. The van der Waals surface area contributed by atoms with Crippen molar-refractivity contribution in [3.05, 3.63) is 12.1 Å². The van der Waals surface area contributed by atoms with Gasteiger partial charge in [0.05, 0.1) is 0 Å². The molecule has 3 fully saturated rings. The van der Waals surface area contributed by atoms with Crippen molar-refractivity contribution in [3.63, 3.8) is 0 Å². The number of nitrogens with zero attached hydrogens (tertiary/aromatic N) is 5. The fourth-order valence-electron chi connectivity index (χ4n) is 3.78. The van der Waals surface area contributed by atoms with Crippen molar-refractivity contribution in [2.24, 2.45) is 11.8 Å². The molecule has 6 nitrogen and oxygen atoms in total. The van der Waals surface area contributed by atoms with E-state index < -0.39 is 0 Å². The molecule has 3 aliphatic rings. The van der Waals surface area contributed by atoms with Crippen LogP contribution in [0.5, 0.6) is 0 Å². The van der Waals surface area contributed by atoms with Crippen LogP contribution in [-0.2, 0) is 4.79 Å². The van der Waals surface area contributed by atoms with Crippen LogP contribution in [0.25, 0.3) is 0 Å². The zero-order valence-electron chi connectivity index (χ0n) is 15.2. The zero-order chi connectivity index (χ0) is 17.2. The fourth-order valence-corrected chi connectivity index (χ4v) is 3.78. The van der Waals surface area contributed by atoms with Crippen LogP contribution in [0.3, 0.4) is 0 Å². The smallest absolute Gasteiger partial charge is 0.222 e. The quantitative estimate of drug-likeness (QED) is 0.838. The Morgan fingerprint density at radius 2 is 1.48 bits per heavy atom. The van der Waals surface area contributed by atoms with Gasteiger partial charge in [0.15, 0.2) is 11.6 Å². The number of piperidine rings is 1. The second-order valence-corrected chi connectivity index (χ2v) is 7.93. The van der Waals surface area contributed by atoms with E-state index in [0.717, 1.165) is 63.2 Å². The third kappa shape index (κ3) is 4.05. The minimum atomic E-state index is 0.336. The summed E-state index contributed by atoms with van der Waals surface area (Å²) in [5.74, 6) is 3.75. The Morgan fingerprint density at radius 1 is 0.920 bits per heavy atom. The first-order chi connectivity index (χ1) is 12.2. The van der Waals surface area contributed by atoms with E-state index in [-0.39, 0.29) is 0 Å². The van der Waals surface area contributed by atoms with E-state index in [2.05, 4.69) is 39.1 Å². The average molecular weight is 343 g/mol. The van der Waals surface area contributed by atoms with Gasteiger partial charge in [-0.2, -0.15) is 0 Å². The molecule has 0 unspecified atom stereocenters. The lowest BCUT2D eigenvalue weighted by atomic mass is 9.99. The van der Waals surface area contributed by atoms with Gasteiger partial charge in [0, 0.05) is 45.7 Å². The number of carbonyl (C=O) groups is 1. The standard InChI is InChI=1S/C19H29N5O/c1-15-6-8-22(9-7-15)17-4-5-18(21-20-17)23-10-12-24(13-11-23)19(25)14-16-2-3-16/h4-5,15-16H,2-3,6-14H2,1H3. The van der Waals surface area contributed by atoms with Crippen LogP contribution in [-0.4, -0.2) is 60.3 Å². The van der Waals surface area contributed by atoms with Crippen molar-refractivity contribution in [1.29, 1.82) is 0 Å². The Hall–Kier alpha value is -1.85. The SMILES string of the molecule is CC1CCN(c2ccc(N3CCN(C(=O)CC4CC4)CC3)nn2)CC1. The zero-order valence-corrected chi connectivity index (χ0v) is 15.2. The molecule has 2 saturated heterocycles. The average Bonchev–Trinajstić information content (AvgIpc) is 3.47. The largest absolute Gasteiger partial charge is 0.355 e. The minimum Gasteiger partial charge on any atom is -0.355 e. The van der Waals surface area contributed by atoms with Crippen molar-refractivity contribution in [3.8, 4) is 0 Å². The molecule has 0 bridgehead atoms. The molecule has 0 atom stereocenters. The fraction of sp³-hybridized carbons (Fsp3) is 0.737. The van der Waals surface area contributed by atoms with E-state index in [4.69, 9.17) is 0 Å². The molecule has 1 aliphatic carbocycles. The predicted octanol–water partition coefficient (Wildman–Crippen LogP) is 2.16. The summed E-state index contributed by atoms with van der Waals surface area (Å²) in [6, 6.07) is 4.19. The van der Waals surface area contributed by atoms with Gasteiger partial charge in [0.2, 0.25) is 5.91 Å². The van der Waals surface area contributed by atoms with E-state index in [9.17, 15) is 4.79 Å². The lowest BCUT2D eigenvalue weighted by molar-refractivity contribution is -0.131. The Morgan fingerprint density at radius 3 is 2.00 bits per heavy atom. The van der Waals surface area contributed by atoms with Crippen LogP contribution in [0, 0.1) is 11.8 Å². The van der Waals surface area contributed by atoms with E-state index >= 15 is 0 Å². The van der Waals surface area contributed by atoms with E-state index in [1.54, 1.807) is 0 Å². The maximum atomic E-state index is 12.2. The lowest BCUT2D eigenvalue weighted by Crippen LogP contribution is -2.49. The number of rotatable bonds is 4. The summed E-state index contributed by atoms with van der Waals surface area (Å²) in [6.07, 6.45) is 5.71. The van der Waals surface area contributed by atoms with Crippen LogP contribution >= 0.6 is 0 Å². The first-order valence-electron chi connectivity index (χ1n) is 9.80. The van der Waals surface area contributed by atoms with Crippen LogP contribution in [0.2, 0.25) is 0 Å². The molecule has 0 aromatic carbocycles. The van der Waals surface area contributed by atoms with Gasteiger partial charge in [-0.25, -0.2) is 0 Å². The summed E-state index contributed by atoms with van der Waals surface area (Å²) in [5, 5.41) is 8.91. The van der Waals surface area contributed by atoms with Crippen molar-refractivity contribution >= 4 is 17.5 Å². The van der Waals surface area contributed by atoms with Gasteiger partial charge in [-0.05, 0) is 49.7 Å². The van der Waals surface area contributed by atoms with Crippen molar-refractivity contribution in [2.75, 3.05) is 49.1 Å². The minimum absolute atomic E-state index is 0.336. The highest BCUT2D eigenvalue weighted by molar-refractivity contribution is 5.77. The van der Waals surface area contributed by atoms with Crippen molar-refractivity contribution in [2.45, 2.75) is 39.0 Å². The molecule has 3 heterocycles. The number of piperazine rings is 1. The maximum Gasteiger partial charge on any atom is 0.222 e. The normalized spacial score (nSPS) is 22.4. The molecule has 1 amide bonds. The third-order valence-electron chi connectivity index (χ3n) is 5.86. The summed E-state index contributed by atoms with van der Waals surface area (Å²) < 4.78 is 0. The van der Waals surface area contributed by atoms with Crippen LogP contribution in [0.4, 0.5) is 11.6 Å². The molecule has 0 N–H and O–H groups in total. The summed E-state index contributed by atoms with van der Waals surface area (Å²) in [5.41, 5.74) is 0. The molecule has 2 aliphatic heterocycles. The first kappa shape index (κ1) is 16.6. The Bertz CT molecular complexity index is 584. The summed E-state index contributed by atoms with van der Waals surface area (Å²) in [7, 11) is 0. The van der Waals surface area contributed by atoms with E-state index in [1.165, 1.54) is 25.7 Å². The highest BCUT2D eigenvalue weighted by atomic mass is 16.2. The van der Waals surface area contributed by atoms with Crippen molar-refractivity contribution in [1.82, 2.24) is 15.1 Å². The van der Waals surface area contributed by atoms with Crippen molar-refractivity contribution < 1.29 is 4.79 Å². The molecular formula is C19H29N5O. The number of anilines is 2. The van der Waals surface area contributed by atoms with Gasteiger partial charge in [-0.3, -0.25) is 4.79 Å². The van der Waals surface area contributed by atoms with E-state index in [0.29, 0.717) is 11.8 Å². The topological polar surface area (TPSA) is 52.6 Å². The van der Waals surface area contributed by atoms with Gasteiger partial charge in [0.1, 0.15) is 0 Å². The highest BCUT2D eigenvalue weighted by Gasteiger charge is 2.29. The predicted molar refractivity (Wildman–Crippen MR) is 98.8 cm³/mol. The van der Waals surface area contributed by atoms with Crippen LogP contribution in [0.15, 0.2) is 12.1 Å². The van der Waals surface area contributed by atoms with Crippen LogP contribution in [0.1, 0.15) is 39.0 Å². The molecule has 1 aromatic heterocycles. The molecule has 0 radical (unpaired) electrons. The first-order valence-corrected chi connectivity index (χ1v) is 9.80.